The van der Waals surface area contributed by atoms with Gasteiger partial charge in [0, 0.05) is 18.3 Å². The molecule has 0 aliphatic heterocycles. The predicted octanol–water partition coefficient (Wildman–Crippen LogP) is 1.99. The summed E-state index contributed by atoms with van der Waals surface area (Å²) < 4.78 is 5.74. The molecule has 102 valence electrons. The van der Waals surface area contributed by atoms with Crippen LogP contribution in [0.4, 0.5) is 5.95 Å². The number of hydrazine groups is 1. The largest absolute Gasteiger partial charge is 0.477 e. The molecule has 0 bridgehead atoms. The van der Waals surface area contributed by atoms with Crippen LogP contribution in [0, 0.1) is 0 Å². The zero-order valence-electron chi connectivity index (χ0n) is 10.6. The topological polar surface area (TPSA) is 86.0 Å². The number of nitrogens with zero attached hydrogens (tertiary/aromatic N) is 3. The number of hydrogen-bond acceptors (Lipinski definition) is 7. The number of nitrogen functional groups attached to an aromatic ring is 1. The molecule has 20 heavy (non-hydrogen) atoms. The van der Waals surface area contributed by atoms with Crippen LogP contribution in [-0.2, 0) is 6.42 Å². The molecule has 0 saturated heterocycles. The van der Waals surface area contributed by atoms with Gasteiger partial charge in [0.25, 0.3) is 0 Å². The van der Waals surface area contributed by atoms with Crippen LogP contribution in [-0.4, -0.2) is 21.6 Å². The van der Waals surface area contributed by atoms with E-state index in [1.807, 2.05) is 29.6 Å². The normalized spacial score (nSPS) is 10.7. The van der Waals surface area contributed by atoms with Gasteiger partial charge in [-0.15, -0.1) is 11.3 Å². The van der Waals surface area contributed by atoms with Crippen LogP contribution in [0.25, 0.3) is 10.2 Å². The molecular formula is C13H13N5OS. The summed E-state index contributed by atoms with van der Waals surface area (Å²) in [6, 6.07) is 7.76. The second-order valence-electron chi connectivity index (χ2n) is 4.06. The van der Waals surface area contributed by atoms with Crippen LogP contribution in [0.15, 0.2) is 35.8 Å². The highest BCUT2D eigenvalue weighted by Crippen LogP contribution is 2.27. The van der Waals surface area contributed by atoms with E-state index >= 15 is 0 Å². The van der Waals surface area contributed by atoms with Crippen molar-refractivity contribution < 1.29 is 4.74 Å². The summed E-state index contributed by atoms with van der Waals surface area (Å²) in [4.78, 5) is 13.6. The van der Waals surface area contributed by atoms with Crippen LogP contribution < -0.4 is 16.0 Å². The van der Waals surface area contributed by atoms with E-state index in [0.717, 1.165) is 22.3 Å². The van der Waals surface area contributed by atoms with Crippen molar-refractivity contribution in [2.75, 3.05) is 12.0 Å². The Morgan fingerprint density at radius 1 is 1.25 bits per heavy atom. The number of pyridine rings is 1. The third-order valence-corrected chi connectivity index (χ3v) is 3.55. The summed E-state index contributed by atoms with van der Waals surface area (Å²) in [6.07, 6.45) is 2.50. The van der Waals surface area contributed by atoms with Crippen molar-refractivity contribution in [1.82, 2.24) is 15.0 Å². The molecular weight excluding hydrogens is 274 g/mol. The molecule has 3 rings (SSSR count). The zero-order valence-corrected chi connectivity index (χ0v) is 11.4. The summed E-state index contributed by atoms with van der Waals surface area (Å²) in [5, 5.41) is 2.85. The zero-order chi connectivity index (χ0) is 13.8. The molecule has 0 saturated carbocycles. The van der Waals surface area contributed by atoms with Gasteiger partial charge < -0.3 is 4.74 Å². The third kappa shape index (κ3) is 2.68. The molecule has 3 N–H and O–H groups in total. The molecule has 0 aliphatic carbocycles. The van der Waals surface area contributed by atoms with Gasteiger partial charge in [-0.1, -0.05) is 6.07 Å². The maximum Gasteiger partial charge on any atom is 0.241 e. The third-order valence-electron chi connectivity index (χ3n) is 2.74. The first-order valence-electron chi connectivity index (χ1n) is 6.11. The summed E-state index contributed by atoms with van der Waals surface area (Å²) in [6.45, 7) is 0.503. The summed E-state index contributed by atoms with van der Waals surface area (Å²) in [5.41, 5.74) is 3.44. The smallest absolute Gasteiger partial charge is 0.241 e. The van der Waals surface area contributed by atoms with Gasteiger partial charge in [0.2, 0.25) is 11.8 Å². The van der Waals surface area contributed by atoms with Crippen molar-refractivity contribution >= 4 is 27.5 Å². The van der Waals surface area contributed by atoms with E-state index in [-0.39, 0.29) is 0 Å². The molecule has 3 aromatic rings. The minimum atomic E-state index is 0.354. The number of ether oxygens (including phenoxy) is 1. The van der Waals surface area contributed by atoms with Gasteiger partial charge in [0.05, 0.1) is 12.0 Å². The van der Waals surface area contributed by atoms with Gasteiger partial charge in [-0.2, -0.15) is 4.98 Å². The van der Waals surface area contributed by atoms with Gasteiger partial charge >= 0.3 is 0 Å². The van der Waals surface area contributed by atoms with Gasteiger partial charge in [0.15, 0.2) is 0 Å². The molecule has 3 aromatic heterocycles. The van der Waals surface area contributed by atoms with Crippen LogP contribution in [0.1, 0.15) is 5.69 Å². The first-order chi connectivity index (χ1) is 9.86. The number of nitrogens with two attached hydrogens (primary N) is 1. The van der Waals surface area contributed by atoms with Gasteiger partial charge in [-0.3, -0.25) is 10.4 Å². The van der Waals surface area contributed by atoms with Crippen molar-refractivity contribution in [2.45, 2.75) is 6.42 Å². The van der Waals surface area contributed by atoms with Gasteiger partial charge in [-0.05, 0) is 23.6 Å². The lowest BCUT2D eigenvalue weighted by molar-refractivity contribution is 0.312. The molecule has 0 radical (unpaired) electrons. The minimum absolute atomic E-state index is 0.354. The molecule has 6 nitrogen and oxygen atoms in total. The number of thiophene rings is 1. The highest BCUT2D eigenvalue weighted by atomic mass is 32.1. The van der Waals surface area contributed by atoms with E-state index in [1.54, 1.807) is 6.20 Å². The first-order valence-corrected chi connectivity index (χ1v) is 6.99. The van der Waals surface area contributed by atoms with E-state index in [4.69, 9.17) is 10.6 Å². The van der Waals surface area contributed by atoms with Gasteiger partial charge in [0.1, 0.15) is 4.83 Å². The average molecular weight is 287 g/mol. The average Bonchev–Trinajstić information content (AvgIpc) is 2.96. The van der Waals surface area contributed by atoms with Crippen LogP contribution >= 0.6 is 11.3 Å². The second kappa shape index (κ2) is 5.81. The highest BCUT2D eigenvalue weighted by Gasteiger charge is 2.09. The standard InChI is InChI=1S/C13H13N5OS/c14-18-13-16-11(10-5-8-20-12(10)17-13)19-7-4-9-3-1-2-6-15-9/h1-3,5-6,8H,4,7,14H2,(H,16,17,18). The molecule has 0 spiro atoms. The Kier molecular flexibility index (Phi) is 3.71. The molecule has 0 atom stereocenters. The van der Waals surface area contributed by atoms with E-state index in [2.05, 4.69) is 20.4 Å². The Hall–Kier alpha value is -2.25. The van der Waals surface area contributed by atoms with E-state index < -0.39 is 0 Å². The second-order valence-corrected chi connectivity index (χ2v) is 4.95. The van der Waals surface area contributed by atoms with Crippen molar-refractivity contribution in [2.24, 2.45) is 5.84 Å². The van der Waals surface area contributed by atoms with Crippen molar-refractivity contribution in [1.29, 1.82) is 0 Å². The lowest BCUT2D eigenvalue weighted by Gasteiger charge is -2.07. The fraction of sp³-hybridized carbons (Fsp3) is 0.154. The Bertz CT molecular complexity index is 700. The van der Waals surface area contributed by atoms with Crippen LogP contribution in [0.2, 0.25) is 0 Å². The van der Waals surface area contributed by atoms with Crippen LogP contribution in [0.5, 0.6) is 5.88 Å². The van der Waals surface area contributed by atoms with Crippen molar-refractivity contribution in [3.8, 4) is 5.88 Å². The first kappa shape index (κ1) is 12.8. The summed E-state index contributed by atoms with van der Waals surface area (Å²) in [5.74, 6) is 6.26. The lowest BCUT2D eigenvalue weighted by Crippen LogP contribution is -2.11. The molecule has 7 heteroatoms. The number of rotatable bonds is 5. The number of hydrogen-bond donors (Lipinski definition) is 2. The molecule has 3 heterocycles. The fourth-order valence-corrected chi connectivity index (χ4v) is 2.56. The van der Waals surface area contributed by atoms with Crippen LogP contribution in [0.3, 0.4) is 0 Å². The molecule has 0 aromatic carbocycles. The maximum atomic E-state index is 5.74. The number of fused-ring (bicyclic) bond motifs is 1. The summed E-state index contributed by atoms with van der Waals surface area (Å²) in [7, 11) is 0. The fourth-order valence-electron chi connectivity index (χ4n) is 1.80. The number of nitrogens with one attached hydrogen (secondary N) is 1. The molecule has 0 aliphatic rings. The Morgan fingerprint density at radius 3 is 3.00 bits per heavy atom. The highest BCUT2D eigenvalue weighted by molar-refractivity contribution is 7.16. The molecule has 0 fully saturated rings. The Balaban J connectivity index is 1.75. The number of anilines is 1. The monoisotopic (exact) mass is 287 g/mol. The van der Waals surface area contributed by atoms with E-state index in [1.165, 1.54) is 11.3 Å². The minimum Gasteiger partial charge on any atom is -0.477 e. The molecule has 0 amide bonds. The van der Waals surface area contributed by atoms with Crippen molar-refractivity contribution in [3.63, 3.8) is 0 Å². The maximum absolute atomic E-state index is 5.74. The lowest BCUT2D eigenvalue weighted by atomic mass is 10.3. The predicted molar refractivity (Wildman–Crippen MR) is 78.7 cm³/mol. The number of aromatic nitrogens is 3. The Morgan fingerprint density at radius 2 is 2.20 bits per heavy atom. The summed E-state index contributed by atoms with van der Waals surface area (Å²) >= 11 is 1.52. The molecule has 0 unspecified atom stereocenters. The van der Waals surface area contributed by atoms with Crippen molar-refractivity contribution in [3.05, 3.63) is 41.5 Å². The van der Waals surface area contributed by atoms with Gasteiger partial charge in [-0.25, -0.2) is 10.8 Å². The van der Waals surface area contributed by atoms with E-state index in [9.17, 15) is 0 Å². The Labute approximate surface area is 119 Å². The SMILES string of the molecule is NNc1nc(OCCc2ccccn2)c2ccsc2n1. The quantitative estimate of drug-likeness (QED) is 0.551. The van der Waals surface area contributed by atoms with E-state index in [0.29, 0.717) is 18.4 Å².